The smallest absolute Gasteiger partial charge is 0.371 e. The first-order valence-corrected chi connectivity index (χ1v) is 6.28. The van der Waals surface area contributed by atoms with E-state index in [2.05, 4.69) is 5.32 Å². The lowest BCUT2D eigenvalue weighted by molar-refractivity contribution is 0.0661. The highest BCUT2D eigenvalue weighted by Crippen LogP contribution is 2.16. The molecule has 5 heteroatoms. The fourth-order valence-electron chi connectivity index (χ4n) is 2.14. The van der Waals surface area contributed by atoms with Gasteiger partial charge in [-0.05, 0) is 38.3 Å². The van der Waals surface area contributed by atoms with E-state index in [0.29, 0.717) is 18.2 Å². The molecular formula is C13H19NO4. The Balaban J connectivity index is 1.74. The molecule has 1 aliphatic rings. The van der Waals surface area contributed by atoms with Gasteiger partial charge in [0.05, 0.1) is 0 Å². The highest BCUT2D eigenvalue weighted by atomic mass is 16.5. The SMILES string of the molecule is Cc1oc(C(=O)O)cc1CNCCC1CCOC1. The minimum Gasteiger partial charge on any atom is -0.475 e. The van der Waals surface area contributed by atoms with Crippen molar-refractivity contribution in [1.29, 1.82) is 0 Å². The minimum atomic E-state index is -1.02. The van der Waals surface area contributed by atoms with Crippen LogP contribution in [0.5, 0.6) is 0 Å². The third-order valence-electron chi connectivity index (χ3n) is 3.30. The molecule has 2 rings (SSSR count). The molecule has 1 aromatic heterocycles. The normalized spacial score (nSPS) is 19.3. The molecule has 0 bridgehead atoms. The zero-order valence-corrected chi connectivity index (χ0v) is 10.6. The fraction of sp³-hybridized carbons (Fsp3) is 0.615. The van der Waals surface area contributed by atoms with Crippen LogP contribution in [0.25, 0.3) is 0 Å². The summed E-state index contributed by atoms with van der Waals surface area (Å²) >= 11 is 0. The third-order valence-corrected chi connectivity index (χ3v) is 3.30. The molecule has 5 nitrogen and oxygen atoms in total. The first kappa shape index (κ1) is 13.1. The summed E-state index contributed by atoms with van der Waals surface area (Å²) in [7, 11) is 0. The van der Waals surface area contributed by atoms with Gasteiger partial charge in [-0.15, -0.1) is 0 Å². The Morgan fingerprint density at radius 3 is 3.06 bits per heavy atom. The average Bonchev–Trinajstić information content (AvgIpc) is 2.94. The summed E-state index contributed by atoms with van der Waals surface area (Å²) in [6.07, 6.45) is 2.25. The van der Waals surface area contributed by atoms with Crippen molar-refractivity contribution >= 4 is 5.97 Å². The second-order valence-corrected chi connectivity index (χ2v) is 4.69. The van der Waals surface area contributed by atoms with Gasteiger partial charge in [-0.25, -0.2) is 4.79 Å². The highest BCUT2D eigenvalue weighted by Gasteiger charge is 2.15. The van der Waals surface area contributed by atoms with Crippen molar-refractivity contribution in [3.8, 4) is 0 Å². The van der Waals surface area contributed by atoms with Crippen molar-refractivity contribution in [3.63, 3.8) is 0 Å². The van der Waals surface area contributed by atoms with Crippen molar-refractivity contribution < 1.29 is 19.1 Å². The molecule has 1 atom stereocenters. The third kappa shape index (κ3) is 3.34. The van der Waals surface area contributed by atoms with E-state index in [4.69, 9.17) is 14.3 Å². The van der Waals surface area contributed by atoms with E-state index in [-0.39, 0.29) is 5.76 Å². The summed E-state index contributed by atoms with van der Waals surface area (Å²) in [4.78, 5) is 10.7. The van der Waals surface area contributed by atoms with E-state index < -0.39 is 5.97 Å². The molecule has 1 saturated heterocycles. The number of nitrogens with one attached hydrogen (secondary N) is 1. The van der Waals surface area contributed by atoms with Crippen LogP contribution in [0, 0.1) is 12.8 Å². The molecule has 2 N–H and O–H groups in total. The number of aromatic carboxylic acids is 1. The zero-order chi connectivity index (χ0) is 13.0. The van der Waals surface area contributed by atoms with Crippen LogP contribution in [-0.4, -0.2) is 30.8 Å². The maximum absolute atomic E-state index is 10.7. The summed E-state index contributed by atoms with van der Waals surface area (Å²) in [6, 6.07) is 1.59. The first-order valence-electron chi connectivity index (χ1n) is 6.28. The van der Waals surface area contributed by atoms with Crippen molar-refractivity contribution in [2.24, 2.45) is 5.92 Å². The standard InChI is InChI=1S/C13H19NO4/c1-9-11(6-12(18-9)13(15)16)7-14-4-2-10-3-5-17-8-10/h6,10,14H,2-5,7-8H2,1H3,(H,15,16). The molecule has 2 heterocycles. The van der Waals surface area contributed by atoms with Crippen molar-refractivity contribution in [2.45, 2.75) is 26.3 Å². The van der Waals surface area contributed by atoms with E-state index in [1.165, 1.54) is 0 Å². The lowest BCUT2D eigenvalue weighted by atomic mass is 10.1. The molecule has 0 amide bonds. The van der Waals surface area contributed by atoms with Gasteiger partial charge in [0.15, 0.2) is 0 Å². The number of ether oxygens (including phenoxy) is 1. The summed E-state index contributed by atoms with van der Waals surface area (Å²) in [5.41, 5.74) is 0.912. The summed E-state index contributed by atoms with van der Waals surface area (Å²) in [5.74, 6) is 0.322. The predicted molar refractivity (Wildman–Crippen MR) is 65.7 cm³/mol. The zero-order valence-electron chi connectivity index (χ0n) is 10.6. The Bertz CT molecular complexity index is 407. The quantitative estimate of drug-likeness (QED) is 0.756. The number of carboxylic acid groups (broad SMARTS) is 1. The number of rotatable bonds is 6. The fourth-order valence-corrected chi connectivity index (χ4v) is 2.14. The molecule has 1 fully saturated rings. The van der Waals surface area contributed by atoms with Gasteiger partial charge in [0.25, 0.3) is 0 Å². The topological polar surface area (TPSA) is 71.7 Å². The lowest BCUT2D eigenvalue weighted by Gasteiger charge is -2.07. The van der Waals surface area contributed by atoms with Crippen molar-refractivity contribution in [1.82, 2.24) is 5.32 Å². The molecule has 1 unspecified atom stereocenters. The van der Waals surface area contributed by atoms with Crippen LogP contribution in [0.15, 0.2) is 10.5 Å². The molecule has 18 heavy (non-hydrogen) atoms. The highest BCUT2D eigenvalue weighted by molar-refractivity contribution is 5.84. The second-order valence-electron chi connectivity index (χ2n) is 4.69. The largest absolute Gasteiger partial charge is 0.475 e. The van der Waals surface area contributed by atoms with E-state index in [0.717, 1.165) is 38.2 Å². The van der Waals surface area contributed by atoms with E-state index in [1.54, 1.807) is 13.0 Å². The maximum atomic E-state index is 10.7. The molecule has 0 radical (unpaired) electrons. The molecule has 0 aliphatic carbocycles. The maximum Gasteiger partial charge on any atom is 0.371 e. The van der Waals surface area contributed by atoms with Crippen LogP contribution in [-0.2, 0) is 11.3 Å². The first-order chi connectivity index (χ1) is 8.66. The summed E-state index contributed by atoms with van der Waals surface area (Å²) in [6.45, 7) is 5.11. The van der Waals surface area contributed by atoms with E-state index in [9.17, 15) is 4.79 Å². The van der Waals surface area contributed by atoms with Crippen LogP contribution in [0.4, 0.5) is 0 Å². The Kier molecular flexibility index (Phi) is 4.38. The molecular weight excluding hydrogens is 234 g/mol. The van der Waals surface area contributed by atoms with Crippen molar-refractivity contribution in [3.05, 3.63) is 23.2 Å². The number of furan rings is 1. The van der Waals surface area contributed by atoms with Gasteiger partial charge >= 0.3 is 5.97 Å². The molecule has 0 spiro atoms. The Labute approximate surface area is 106 Å². The van der Waals surface area contributed by atoms with Gasteiger partial charge in [-0.1, -0.05) is 0 Å². The summed E-state index contributed by atoms with van der Waals surface area (Å²) in [5, 5.41) is 12.1. The van der Waals surface area contributed by atoms with Crippen molar-refractivity contribution in [2.75, 3.05) is 19.8 Å². The Morgan fingerprint density at radius 1 is 1.61 bits per heavy atom. The monoisotopic (exact) mass is 253 g/mol. The van der Waals surface area contributed by atoms with Gasteiger partial charge in [0.1, 0.15) is 5.76 Å². The predicted octanol–water partition coefficient (Wildman–Crippen LogP) is 1.80. The van der Waals surface area contributed by atoms with Crippen LogP contribution in [0.1, 0.15) is 34.7 Å². The minimum absolute atomic E-state index is 0.00786. The molecule has 100 valence electrons. The molecule has 1 aliphatic heterocycles. The number of carbonyl (C=O) groups is 1. The van der Waals surface area contributed by atoms with E-state index in [1.807, 2.05) is 0 Å². The van der Waals surface area contributed by atoms with Gasteiger partial charge in [0.2, 0.25) is 5.76 Å². The van der Waals surface area contributed by atoms with Gasteiger partial charge in [-0.2, -0.15) is 0 Å². The molecule has 0 aromatic carbocycles. The summed E-state index contributed by atoms with van der Waals surface area (Å²) < 4.78 is 10.5. The van der Waals surface area contributed by atoms with Crippen LogP contribution >= 0.6 is 0 Å². The number of hydrogen-bond acceptors (Lipinski definition) is 4. The second kappa shape index (κ2) is 6.02. The van der Waals surface area contributed by atoms with Gasteiger partial charge in [-0.3, -0.25) is 0 Å². The van der Waals surface area contributed by atoms with E-state index >= 15 is 0 Å². The Hall–Kier alpha value is -1.33. The van der Waals surface area contributed by atoms with Crippen LogP contribution in [0.2, 0.25) is 0 Å². The molecule has 1 aromatic rings. The average molecular weight is 253 g/mol. The Morgan fingerprint density at radius 2 is 2.44 bits per heavy atom. The number of aryl methyl sites for hydroxylation is 1. The van der Waals surface area contributed by atoms with Gasteiger partial charge in [0, 0.05) is 25.3 Å². The van der Waals surface area contributed by atoms with Crippen LogP contribution in [0.3, 0.4) is 0 Å². The number of hydrogen-bond donors (Lipinski definition) is 2. The lowest BCUT2D eigenvalue weighted by Crippen LogP contribution is -2.18. The molecule has 0 saturated carbocycles. The number of carboxylic acids is 1. The van der Waals surface area contributed by atoms with Crippen LogP contribution < -0.4 is 5.32 Å². The van der Waals surface area contributed by atoms with Gasteiger partial charge < -0.3 is 19.6 Å².